The van der Waals surface area contributed by atoms with Crippen LogP contribution in [0.15, 0.2) is 16.8 Å². The van der Waals surface area contributed by atoms with Gasteiger partial charge in [0.1, 0.15) is 0 Å². The number of aliphatic hydroxyl groups excluding tert-OH is 1. The van der Waals surface area contributed by atoms with Gasteiger partial charge in [0, 0.05) is 30.6 Å². The van der Waals surface area contributed by atoms with E-state index in [1.807, 2.05) is 33.9 Å². The van der Waals surface area contributed by atoms with Crippen LogP contribution in [0.4, 0.5) is 0 Å². The summed E-state index contributed by atoms with van der Waals surface area (Å²) in [5, 5.41) is 13.9. The summed E-state index contributed by atoms with van der Waals surface area (Å²) < 4.78 is 0. The van der Waals surface area contributed by atoms with Gasteiger partial charge < -0.3 is 15.4 Å². The van der Waals surface area contributed by atoms with Gasteiger partial charge in [0.2, 0.25) is 0 Å². The maximum Gasteiger partial charge on any atom is 0.0701 e. The van der Waals surface area contributed by atoms with Gasteiger partial charge in [-0.3, -0.25) is 0 Å². The Morgan fingerprint density at radius 1 is 1.40 bits per heavy atom. The molecule has 0 bridgehead atoms. The van der Waals surface area contributed by atoms with Crippen LogP contribution in [0.25, 0.3) is 0 Å². The van der Waals surface area contributed by atoms with Gasteiger partial charge in [-0.15, -0.1) is 0 Å². The Morgan fingerprint density at radius 3 is 2.75 bits per heavy atom. The molecular weight excluding hydrogens is 250 g/mol. The van der Waals surface area contributed by atoms with Crippen LogP contribution in [-0.2, 0) is 0 Å². The van der Waals surface area contributed by atoms with Crippen molar-refractivity contribution in [2.75, 3.05) is 26.7 Å². The van der Waals surface area contributed by atoms with Gasteiger partial charge in [0.05, 0.1) is 12.6 Å². The molecule has 1 fully saturated rings. The first kappa shape index (κ1) is 17.2. The molecule has 3 atom stereocenters. The van der Waals surface area contributed by atoms with E-state index in [1.54, 1.807) is 0 Å². The van der Waals surface area contributed by atoms with Crippen molar-refractivity contribution in [2.45, 2.75) is 46.6 Å². The lowest BCUT2D eigenvalue weighted by Crippen LogP contribution is -2.50. The van der Waals surface area contributed by atoms with E-state index in [2.05, 4.69) is 28.6 Å². The van der Waals surface area contributed by atoms with E-state index in [9.17, 15) is 5.11 Å². The van der Waals surface area contributed by atoms with Crippen molar-refractivity contribution in [3.05, 3.63) is 11.6 Å². The highest BCUT2D eigenvalue weighted by Crippen LogP contribution is 2.44. The molecule has 1 saturated heterocycles. The van der Waals surface area contributed by atoms with Gasteiger partial charge in [-0.25, -0.2) is 0 Å². The predicted octanol–water partition coefficient (Wildman–Crippen LogP) is 2.26. The second kappa shape index (κ2) is 7.79. The van der Waals surface area contributed by atoms with Gasteiger partial charge in [-0.05, 0) is 19.9 Å². The van der Waals surface area contributed by atoms with Crippen molar-refractivity contribution in [3.63, 3.8) is 0 Å². The van der Waals surface area contributed by atoms with Gasteiger partial charge >= 0.3 is 0 Å². The fourth-order valence-electron chi connectivity index (χ4n) is 3.37. The quantitative estimate of drug-likeness (QED) is 0.725. The SMILES string of the molecule is CC.CC.CN1CCC2=CC3NN=CC3C[C@]2(CO)C1. The summed E-state index contributed by atoms with van der Waals surface area (Å²) in [7, 11) is 2.14. The molecule has 2 unspecified atom stereocenters. The molecule has 0 radical (unpaired) electrons. The molecule has 0 spiro atoms. The molecule has 4 heteroatoms. The molecule has 116 valence electrons. The van der Waals surface area contributed by atoms with Crippen LogP contribution in [0, 0.1) is 11.3 Å². The van der Waals surface area contributed by atoms with Crippen molar-refractivity contribution in [1.29, 1.82) is 0 Å². The van der Waals surface area contributed by atoms with Crippen LogP contribution >= 0.6 is 0 Å². The molecule has 0 aromatic carbocycles. The first-order valence-corrected chi connectivity index (χ1v) is 8.03. The number of fused-ring (bicyclic) bond motifs is 2. The highest BCUT2D eigenvalue weighted by Gasteiger charge is 2.45. The van der Waals surface area contributed by atoms with Crippen LogP contribution in [0.2, 0.25) is 0 Å². The van der Waals surface area contributed by atoms with E-state index >= 15 is 0 Å². The summed E-state index contributed by atoms with van der Waals surface area (Å²) >= 11 is 0. The number of hydrazone groups is 1. The minimum Gasteiger partial charge on any atom is -0.395 e. The molecule has 0 aromatic rings. The van der Waals surface area contributed by atoms with Crippen molar-refractivity contribution in [2.24, 2.45) is 16.4 Å². The summed E-state index contributed by atoms with van der Waals surface area (Å²) in [6.07, 6.45) is 6.43. The lowest BCUT2D eigenvalue weighted by molar-refractivity contribution is 0.0660. The smallest absolute Gasteiger partial charge is 0.0701 e. The number of hydrogen-bond acceptors (Lipinski definition) is 4. The van der Waals surface area contributed by atoms with Crippen molar-refractivity contribution < 1.29 is 5.11 Å². The monoisotopic (exact) mass is 281 g/mol. The molecule has 2 heterocycles. The third-order valence-electron chi connectivity index (χ3n) is 4.28. The van der Waals surface area contributed by atoms with E-state index in [0.717, 1.165) is 25.9 Å². The van der Waals surface area contributed by atoms with Gasteiger partial charge in [-0.1, -0.05) is 39.3 Å². The van der Waals surface area contributed by atoms with Crippen LogP contribution in [0.1, 0.15) is 40.5 Å². The van der Waals surface area contributed by atoms with Crippen molar-refractivity contribution in [1.82, 2.24) is 10.3 Å². The first-order valence-electron chi connectivity index (χ1n) is 8.03. The molecule has 20 heavy (non-hydrogen) atoms. The Hall–Kier alpha value is -0.870. The molecule has 0 aromatic heterocycles. The molecule has 2 aliphatic heterocycles. The molecule has 4 nitrogen and oxygen atoms in total. The Balaban J connectivity index is 0.000000461. The fraction of sp³-hybridized carbons (Fsp3) is 0.812. The fourth-order valence-corrected chi connectivity index (χ4v) is 3.37. The second-order valence-corrected chi connectivity index (χ2v) is 5.42. The van der Waals surface area contributed by atoms with E-state index < -0.39 is 0 Å². The standard InChI is InChI=1S/C12H19N3O.2C2H6/c1-15-3-2-10-4-11-9(6-13-14-11)5-12(10,7-15)8-16;2*1-2/h4,6,9,11,14,16H,2-3,5,7-8H2,1H3;2*1-2H3/t9?,11?,12-;;/m1../s1. The molecule has 3 rings (SSSR count). The number of hydrogen-bond donors (Lipinski definition) is 2. The Kier molecular flexibility index (Phi) is 6.69. The summed E-state index contributed by atoms with van der Waals surface area (Å²) in [5.41, 5.74) is 4.57. The van der Waals surface area contributed by atoms with Gasteiger partial charge in [0.25, 0.3) is 0 Å². The third kappa shape index (κ3) is 3.23. The van der Waals surface area contributed by atoms with E-state index in [0.29, 0.717) is 12.0 Å². The average molecular weight is 281 g/mol. The highest BCUT2D eigenvalue weighted by molar-refractivity contribution is 5.65. The normalized spacial score (nSPS) is 34.4. The van der Waals surface area contributed by atoms with Crippen LogP contribution in [0.5, 0.6) is 0 Å². The number of nitrogens with one attached hydrogen (secondary N) is 1. The molecule has 3 aliphatic rings. The third-order valence-corrected chi connectivity index (χ3v) is 4.28. The topological polar surface area (TPSA) is 47.9 Å². The minimum absolute atomic E-state index is 0.00773. The molecule has 0 amide bonds. The van der Waals surface area contributed by atoms with E-state index in [-0.39, 0.29) is 12.0 Å². The molecular formula is C16H31N3O. The minimum atomic E-state index is -0.00773. The average Bonchev–Trinajstić information content (AvgIpc) is 2.95. The number of aliphatic hydroxyl groups is 1. The molecule has 2 N–H and O–H groups in total. The number of piperidine rings is 1. The zero-order chi connectivity index (χ0) is 15.2. The molecule has 1 aliphatic carbocycles. The summed E-state index contributed by atoms with van der Waals surface area (Å²) in [6.45, 7) is 10.3. The van der Waals surface area contributed by atoms with Crippen LogP contribution in [-0.4, -0.2) is 49.0 Å². The van der Waals surface area contributed by atoms with Gasteiger partial charge in [0.15, 0.2) is 0 Å². The lowest BCUT2D eigenvalue weighted by Gasteiger charge is -2.47. The number of likely N-dealkylation sites (tertiary alicyclic amines) is 1. The predicted molar refractivity (Wildman–Crippen MR) is 85.9 cm³/mol. The van der Waals surface area contributed by atoms with Crippen molar-refractivity contribution in [3.8, 4) is 0 Å². The highest BCUT2D eigenvalue weighted by atomic mass is 16.3. The zero-order valence-corrected chi connectivity index (χ0v) is 13.7. The Labute approximate surface area is 123 Å². The number of rotatable bonds is 1. The van der Waals surface area contributed by atoms with Crippen LogP contribution < -0.4 is 5.43 Å². The lowest BCUT2D eigenvalue weighted by atomic mass is 9.65. The first-order chi connectivity index (χ1) is 9.73. The van der Waals surface area contributed by atoms with Crippen LogP contribution in [0.3, 0.4) is 0 Å². The maximum atomic E-state index is 9.78. The summed E-state index contributed by atoms with van der Waals surface area (Å²) in [4.78, 5) is 2.33. The summed E-state index contributed by atoms with van der Waals surface area (Å²) in [5.74, 6) is 0.461. The largest absolute Gasteiger partial charge is 0.395 e. The van der Waals surface area contributed by atoms with Crippen molar-refractivity contribution >= 4 is 6.21 Å². The maximum absolute atomic E-state index is 9.78. The molecule has 0 saturated carbocycles. The Bertz CT molecular complexity index is 354. The zero-order valence-electron chi connectivity index (χ0n) is 13.7. The second-order valence-electron chi connectivity index (χ2n) is 5.42. The number of nitrogens with zero attached hydrogens (tertiary/aromatic N) is 2. The Morgan fingerprint density at radius 2 is 2.10 bits per heavy atom. The van der Waals surface area contributed by atoms with E-state index in [4.69, 9.17) is 0 Å². The van der Waals surface area contributed by atoms with Gasteiger partial charge in [-0.2, -0.15) is 5.10 Å². The summed E-state index contributed by atoms with van der Waals surface area (Å²) in [6, 6.07) is 0.373. The van der Waals surface area contributed by atoms with E-state index in [1.165, 1.54) is 5.57 Å².